The molecule has 1 aromatic heterocycles. The highest BCUT2D eigenvalue weighted by atomic mass is 127. The van der Waals surface area contributed by atoms with E-state index >= 15 is 0 Å². The van der Waals surface area contributed by atoms with Crippen molar-refractivity contribution in [2.75, 3.05) is 27.8 Å². The summed E-state index contributed by atoms with van der Waals surface area (Å²) in [5.74, 6) is 1.74. The van der Waals surface area contributed by atoms with Crippen molar-refractivity contribution in [3.8, 4) is 5.75 Å². The Kier molecular flexibility index (Phi) is 12.2. The Morgan fingerprint density at radius 3 is 2.86 bits per heavy atom. The second kappa shape index (κ2) is 13.8. The highest BCUT2D eigenvalue weighted by Crippen LogP contribution is 2.21. The molecule has 1 heterocycles. The molecule has 29 heavy (non-hydrogen) atoms. The fourth-order valence-electron chi connectivity index (χ4n) is 2.65. The highest BCUT2D eigenvalue weighted by Gasteiger charge is 2.12. The third-order valence-electron chi connectivity index (χ3n) is 4.36. The number of halogens is 1. The molecule has 0 radical (unpaired) electrons. The molecule has 0 fully saturated rings. The third-order valence-corrected chi connectivity index (χ3v) is 5.41. The number of benzene rings is 1. The van der Waals surface area contributed by atoms with Crippen LogP contribution < -0.4 is 10.1 Å². The van der Waals surface area contributed by atoms with Crippen LogP contribution in [0.5, 0.6) is 5.75 Å². The van der Waals surface area contributed by atoms with Gasteiger partial charge in [0.2, 0.25) is 0 Å². The molecule has 2 rings (SSSR count). The van der Waals surface area contributed by atoms with Crippen LogP contribution >= 0.6 is 35.3 Å². The van der Waals surface area contributed by atoms with Gasteiger partial charge >= 0.3 is 0 Å². The average molecular weight is 532 g/mol. The molecule has 1 N–H and O–H groups in total. The van der Waals surface area contributed by atoms with Crippen molar-refractivity contribution in [2.24, 2.45) is 4.99 Å². The van der Waals surface area contributed by atoms with Gasteiger partial charge in [0, 0.05) is 33.1 Å². The van der Waals surface area contributed by atoms with E-state index in [0.717, 1.165) is 47.4 Å². The number of ether oxygens (including phenoxy) is 2. The van der Waals surface area contributed by atoms with Gasteiger partial charge in [0.05, 0.1) is 18.8 Å². The van der Waals surface area contributed by atoms with Crippen LogP contribution in [0.1, 0.15) is 49.1 Å². The monoisotopic (exact) mass is 532 g/mol. The van der Waals surface area contributed by atoms with E-state index in [0.29, 0.717) is 13.1 Å². The Morgan fingerprint density at radius 2 is 2.17 bits per heavy atom. The number of hydrogen-bond acceptors (Lipinski definition) is 5. The number of thiazole rings is 1. The van der Waals surface area contributed by atoms with Crippen molar-refractivity contribution in [1.29, 1.82) is 0 Å². The number of nitrogens with one attached hydrogen (secondary N) is 1. The molecule has 162 valence electrons. The number of aliphatic imine (C=N–C) groups is 1. The van der Waals surface area contributed by atoms with Gasteiger partial charge in [-0.3, -0.25) is 4.99 Å². The highest BCUT2D eigenvalue weighted by molar-refractivity contribution is 14.0. The minimum atomic E-state index is 0. The Balaban J connectivity index is 0.00000420. The second-order valence-corrected chi connectivity index (χ2v) is 7.55. The summed E-state index contributed by atoms with van der Waals surface area (Å²) in [5.41, 5.74) is 2.18. The topological polar surface area (TPSA) is 59.0 Å². The van der Waals surface area contributed by atoms with E-state index in [1.54, 1.807) is 25.5 Å². The maximum absolute atomic E-state index is 5.79. The van der Waals surface area contributed by atoms with Crippen LogP contribution in [-0.2, 0) is 17.8 Å². The molecule has 0 saturated carbocycles. The van der Waals surface area contributed by atoms with Crippen molar-refractivity contribution in [2.45, 2.75) is 45.9 Å². The van der Waals surface area contributed by atoms with Gasteiger partial charge < -0.3 is 19.7 Å². The standard InChI is InChI=1S/C21H32N4O2S.HI/c1-6-7-11-27-19-10-8-9-17(12-19)13-23-21(22-3)25(4)14-18-15-28-20(24-18)16(2)26-5;/h8-10,12,15-16H,6-7,11,13-14H2,1-5H3,(H,22,23);1H. The summed E-state index contributed by atoms with van der Waals surface area (Å²) in [6.07, 6.45) is 2.23. The van der Waals surface area contributed by atoms with Crippen molar-refractivity contribution in [3.63, 3.8) is 0 Å². The summed E-state index contributed by atoms with van der Waals surface area (Å²) in [6, 6.07) is 8.19. The number of rotatable bonds is 10. The van der Waals surface area contributed by atoms with Gasteiger partial charge in [-0.1, -0.05) is 25.5 Å². The zero-order valence-corrected chi connectivity index (χ0v) is 21.1. The molecule has 8 heteroatoms. The van der Waals surface area contributed by atoms with Crippen molar-refractivity contribution in [1.82, 2.24) is 15.2 Å². The summed E-state index contributed by atoms with van der Waals surface area (Å²) < 4.78 is 11.1. The Hall–Kier alpha value is -1.39. The van der Waals surface area contributed by atoms with Gasteiger partial charge in [-0.25, -0.2) is 4.98 Å². The average Bonchev–Trinajstić information content (AvgIpc) is 3.17. The lowest BCUT2D eigenvalue weighted by atomic mass is 10.2. The van der Waals surface area contributed by atoms with Crippen LogP contribution in [0, 0.1) is 0 Å². The number of aromatic nitrogens is 1. The fraction of sp³-hybridized carbons (Fsp3) is 0.524. The zero-order chi connectivity index (χ0) is 20.4. The zero-order valence-electron chi connectivity index (χ0n) is 18.0. The van der Waals surface area contributed by atoms with Crippen LogP contribution in [0.2, 0.25) is 0 Å². The molecule has 0 bridgehead atoms. The van der Waals surface area contributed by atoms with Crippen LogP contribution in [0.3, 0.4) is 0 Å². The van der Waals surface area contributed by atoms with Crippen molar-refractivity contribution < 1.29 is 9.47 Å². The van der Waals surface area contributed by atoms with Gasteiger partial charge in [0.25, 0.3) is 0 Å². The molecule has 0 amide bonds. The first-order valence-corrected chi connectivity index (χ1v) is 10.6. The van der Waals surface area contributed by atoms with Crippen molar-refractivity contribution in [3.05, 3.63) is 45.9 Å². The van der Waals surface area contributed by atoms with E-state index in [9.17, 15) is 0 Å². The molecule has 2 aromatic rings. The summed E-state index contributed by atoms with van der Waals surface area (Å²) in [5, 5.41) is 6.48. The number of nitrogens with zero attached hydrogens (tertiary/aromatic N) is 3. The molecule has 1 unspecified atom stereocenters. The minimum Gasteiger partial charge on any atom is -0.494 e. The molecule has 0 aliphatic heterocycles. The number of guanidine groups is 1. The minimum absolute atomic E-state index is 0. The number of hydrogen-bond donors (Lipinski definition) is 1. The molecule has 0 aliphatic carbocycles. The predicted molar refractivity (Wildman–Crippen MR) is 131 cm³/mol. The van der Waals surface area contributed by atoms with E-state index in [2.05, 4.69) is 44.6 Å². The fourth-order valence-corrected chi connectivity index (χ4v) is 3.49. The lowest BCUT2D eigenvalue weighted by Gasteiger charge is -2.21. The van der Waals surface area contributed by atoms with Gasteiger partial charge in [0.1, 0.15) is 16.9 Å². The molecular weight excluding hydrogens is 499 g/mol. The molecule has 0 spiro atoms. The van der Waals surface area contributed by atoms with E-state index in [1.165, 1.54) is 0 Å². The van der Waals surface area contributed by atoms with E-state index < -0.39 is 0 Å². The molecular formula is C21H33IN4O2S. The quantitative estimate of drug-likeness (QED) is 0.205. The molecule has 0 saturated heterocycles. The SMILES string of the molecule is CCCCOc1cccc(CNC(=NC)N(C)Cc2csc(C(C)OC)n2)c1.I. The predicted octanol–water partition coefficient (Wildman–Crippen LogP) is 4.85. The summed E-state index contributed by atoms with van der Waals surface area (Å²) in [6.45, 7) is 6.30. The normalized spacial score (nSPS) is 12.2. The van der Waals surface area contributed by atoms with Gasteiger partial charge in [-0.15, -0.1) is 35.3 Å². The lowest BCUT2D eigenvalue weighted by molar-refractivity contribution is 0.119. The summed E-state index contributed by atoms with van der Waals surface area (Å²) in [7, 11) is 5.51. The smallest absolute Gasteiger partial charge is 0.194 e. The third kappa shape index (κ3) is 8.47. The first-order chi connectivity index (χ1) is 13.6. The Morgan fingerprint density at radius 1 is 1.38 bits per heavy atom. The largest absolute Gasteiger partial charge is 0.494 e. The van der Waals surface area contributed by atoms with Crippen LogP contribution in [0.4, 0.5) is 0 Å². The second-order valence-electron chi connectivity index (χ2n) is 6.66. The Bertz CT molecular complexity index is 754. The molecule has 0 aliphatic rings. The Labute approximate surface area is 195 Å². The summed E-state index contributed by atoms with van der Waals surface area (Å²) >= 11 is 1.63. The first kappa shape index (κ1) is 25.6. The van der Waals surface area contributed by atoms with Crippen LogP contribution in [-0.4, -0.2) is 43.7 Å². The number of unbranched alkanes of at least 4 members (excludes halogenated alkanes) is 1. The van der Waals surface area contributed by atoms with Crippen LogP contribution in [0.25, 0.3) is 0 Å². The maximum atomic E-state index is 5.79. The van der Waals surface area contributed by atoms with E-state index in [-0.39, 0.29) is 30.1 Å². The van der Waals surface area contributed by atoms with E-state index in [1.807, 2.05) is 26.1 Å². The molecule has 1 aromatic carbocycles. The number of methoxy groups -OCH3 is 1. The summed E-state index contributed by atoms with van der Waals surface area (Å²) in [4.78, 5) is 11.1. The van der Waals surface area contributed by atoms with E-state index in [4.69, 9.17) is 9.47 Å². The van der Waals surface area contributed by atoms with Gasteiger partial charge in [0.15, 0.2) is 5.96 Å². The first-order valence-electron chi connectivity index (χ1n) is 9.68. The molecule has 1 atom stereocenters. The lowest BCUT2D eigenvalue weighted by Crippen LogP contribution is -2.38. The van der Waals surface area contributed by atoms with Gasteiger partial charge in [-0.2, -0.15) is 0 Å². The van der Waals surface area contributed by atoms with Crippen molar-refractivity contribution >= 4 is 41.3 Å². The van der Waals surface area contributed by atoms with Crippen LogP contribution in [0.15, 0.2) is 34.6 Å². The molecule has 6 nitrogen and oxygen atoms in total. The maximum Gasteiger partial charge on any atom is 0.194 e. The van der Waals surface area contributed by atoms with Gasteiger partial charge in [-0.05, 0) is 31.0 Å².